The first kappa shape index (κ1) is 30.6. The molecule has 0 radical (unpaired) electrons. The van der Waals surface area contributed by atoms with Crippen LogP contribution in [0.3, 0.4) is 0 Å². The van der Waals surface area contributed by atoms with E-state index in [2.05, 4.69) is 26.1 Å². The number of carboxylic acids is 1. The van der Waals surface area contributed by atoms with Crippen LogP contribution < -0.4 is 5.32 Å². The first-order chi connectivity index (χ1) is 17.5. The van der Waals surface area contributed by atoms with Crippen molar-refractivity contribution >= 4 is 21.1 Å². The number of carboxylic acid groups (broad SMARTS) is 1. The molecule has 2 rings (SSSR count). The minimum atomic E-state index is -1.75. The second-order valence-electron chi connectivity index (χ2n) is 11.2. The van der Waals surface area contributed by atoms with Gasteiger partial charge in [-0.3, -0.25) is 0 Å². The Bertz CT molecular complexity index is 961. The predicted octanol–water partition coefficient (Wildman–Crippen LogP) is 6.24. The number of ether oxygens (including phenoxy) is 1. The maximum absolute atomic E-state index is 13.0. The molecule has 0 aliphatic heterocycles. The molecule has 1 amide bonds. The molecular formula is C30H45NO5Si. The zero-order chi connectivity index (χ0) is 27.5. The van der Waals surface area contributed by atoms with Crippen molar-refractivity contribution in [1.29, 1.82) is 0 Å². The van der Waals surface area contributed by atoms with Crippen molar-refractivity contribution in [3.8, 4) is 0 Å². The van der Waals surface area contributed by atoms with Gasteiger partial charge >= 0.3 is 12.1 Å². The Morgan fingerprint density at radius 2 is 1.54 bits per heavy atom. The summed E-state index contributed by atoms with van der Waals surface area (Å²) in [5, 5.41) is 13.7. The second-order valence-corrected chi connectivity index (χ2v) is 13.6. The van der Waals surface area contributed by atoms with Crippen LogP contribution in [0.15, 0.2) is 60.7 Å². The molecule has 1 unspecified atom stereocenters. The summed E-state index contributed by atoms with van der Waals surface area (Å²) in [6, 6.07) is 19.3. The molecule has 6 nitrogen and oxygen atoms in total. The van der Waals surface area contributed by atoms with E-state index in [1.54, 1.807) is 0 Å². The third kappa shape index (κ3) is 9.97. The highest BCUT2D eigenvalue weighted by Gasteiger charge is 2.47. The van der Waals surface area contributed by atoms with Gasteiger partial charge in [0, 0.05) is 12.5 Å². The lowest BCUT2D eigenvalue weighted by atomic mass is 9.68. The molecule has 2 N–H and O–H groups in total. The van der Waals surface area contributed by atoms with Crippen LogP contribution in [-0.2, 0) is 26.8 Å². The minimum Gasteiger partial charge on any atom is -0.479 e. The Balaban J connectivity index is 2.50. The van der Waals surface area contributed by atoms with Gasteiger partial charge in [-0.2, -0.15) is 0 Å². The summed E-state index contributed by atoms with van der Waals surface area (Å²) < 4.78 is 11.9. The molecule has 0 aromatic heterocycles. The highest BCUT2D eigenvalue weighted by Crippen LogP contribution is 2.39. The lowest BCUT2D eigenvalue weighted by molar-refractivity contribution is -0.158. The molecule has 0 heterocycles. The zero-order valence-corrected chi connectivity index (χ0v) is 24.5. The van der Waals surface area contributed by atoms with E-state index in [1.165, 1.54) is 0 Å². The standard InChI is InChI=1S/C30H45NO5Si/c1-7-8-19-35-28(34)31-26(20-23-15-11-9-12-16-23)25(29(2,3)4)22-30(27(32)33,36-37(5)6)21-24-17-13-10-14-18-24/h9-18,25-26,37H,7-8,19-22H2,1-6H3,(H,31,34)(H,32,33)/t25-,26+,30?/m1/s1. The lowest BCUT2D eigenvalue weighted by Gasteiger charge is -2.43. The highest BCUT2D eigenvalue weighted by molar-refractivity contribution is 6.48. The number of alkyl carbamates (subject to hydrolysis) is 1. The first-order valence-corrected chi connectivity index (χ1v) is 16.2. The number of aliphatic carboxylic acids is 1. The van der Waals surface area contributed by atoms with Crippen molar-refractivity contribution in [2.24, 2.45) is 11.3 Å². The summed E-state index contributed by atoms with van der Waals surface area (Å²) >= 11 is 0. The van der Waals surface area contributed by atoms with E-state index in [-0.39, 0.29) is 30.2 Å². The van der Waals surface area contributed by atoms with Crippen LogP contribution in [-0.4, -0.2) is 44.5 Å². The number of nitrogens with one attached hydrogen (secondary N) is 1. The Hall–Kier alpha value is -2.64. The van der Waals surface area contributed by atoms with Gasteiger partial charge < -0.3 is 19.6 Å². The quantitative estimate of drug-likeness (QED) is 0.224. The van der Waals surface area contributed by atoms with Crippen LogP contribution in [0.4, 0.5) is 4.79 Å². The summed E-state index contributed by atoms with van der Waals surface area (Å²) in [5.41, 5.74) is 0.259. The van der Waals surface area contributed by atoms with Gasteiger partial charge in [0.15, 0.2) is 14.6 Å². The van der Waals surface area contributed by atoms with Crippen molar-refractivity contribution in [3.63, 3.8) is 0 Å². The van der Waals surface area contributed by atoms with Gasteiger partial charge in [-0.15, -0.1) is 0 Å². The van der Waals surface area contributed by atoms with Crippen LogP contribution in [0.25, 0.3) is 0 Å². The minimum absolute atomic E-state index is 0.209. The molecule has 0 saturated carbocycles. The fraction of sp³-hybridized carbons (Fsp3) is 0.533. The predicted molar refractivity (Wildman–Crippen MR) is 151 cm³/mol. The fourth-order valence-corrected chi connectivity index (χ4v) is 6.01. The van der Waals surface area contributed by atoms with E-state index in [4.69, 9.17) is 9.16 Å². The monoisotopic (exact) mass is 527 g/mol. The molecule has 0 fully saturated rings. The lowest BCUT2D eigenvalue weighted by Crippen LogP contribution is -2.54. The number of amides is 1. The summed E-state index contributed by atoms with van der Waals surface area (Å²) in [6.07, 6.45) is 2.35. The molecule has 2 aromatic rings. The maximum Gasteiger partial charge on any atom is 0.407 e. The van der Waals surface area contributed by atoms with E-state index >= 15 is 0 Å². The van der Waals surface area contributed by atoms with Crippen molar-refractivity contribution in [1.82, 2.24) is 5.32 Å². The third-order valence-corrected chi connectivity index (χ3v) is 7.59. The molecule has 0 bridgehead atoms. The largest absolute Gasteiger partial charge is 0.479 e. The average Bonchev–Trinajstić information content (AvgIpc) is 2.82. The number of hydrogen-bond donors (Lipinski definition) is 2. The molecule has 0 aliphatic rings. The van der Waals surface area contributed by atoms with E-state index in [0.29, 0.717) is 13.0 Å². The van der Waals surface area contributed by atoms with Gasteiger partial charge in [0.05, 0.1) is 6.61 Å². The average molecular weight is 528 g/mol. The first-order valence-electron chi connectivity index (χ1n) is 13.4. The van der Waals surface area contributed by atoms with E-state index in [0.717, 1.165) is 24.0 Å². The van der Waals surface area contributed by atoms with Gasteiger partial charge in [-0.25, -0.2) is 9.59 Å². The van der Waals surface area contributed by atoms with Crippen molar-refractivity contribution in [3.05, 3.63) is 71.8 Å². The number of carbonyl (C=O) groups excluding carboxylic acids is 1. The van der Waals surface area contributed by atoms with E-state index < -0.39 is 26.7 Å². The Kier molecular flexibility index (Phi) is 11.8. The molecule has 37 heavy (non-hydrogen) atoms. The van der Waals surface area contributed by atoms with Crippen LogP contribution in [0.2, 0.25) is 13.1 Å². The van der Waals surface area contributed by atoms with Gasteiger partial charge in [0.2, 0.25) is 0 Å². The number of unbranched alkanes of at least 4 members (excludes halogenated alkanes) is 1. The van der Waals surface area contributed by atoms with Crippen LogP contribution in [0.1, 0.15) is 58.1 Å². The maximum atomic E-state index is 13.0. The summed E-state index contributed by atoms with van der Waals surface area (Å²) in [5.74, 6) is -1.17. The number of hydrogen-bond acceptors (Lipinski definition) is 4. The molecule has 7 heteroatoms. The topological polar surface area (TPSA) is 84.9 Å². The summed E-state index contributed by atoms with van der Waals surface area (Å²) in [7, 11) is -1.75. The number of benzene rings is 2. The highest BCUT2D eigenvalue weighted by atomic mass is 28.3. The Morgan fingerprint density at radius 3 is 2.03 bits per heavy atom. The fourth-order valence-electron chi connectivity index (χ4n) is 4.82. The molecule has 204 valence electrons. The summed E-state index contributed by atoms with van der Waals surface area (Å²) in [6.45, 7) is 12.7. The number of rotatable bonds is 14. The van der Waals surface area contributed by atoms with Crippen molar-refractivity contribution < 1.29 is 23.9 Å². The molecule has 2 aromatic carbocycles. The normalized spacial score (nSPS) is 15.0. The molecule has 3 atom stereocenters. The Labute approximate surface area is 224 Å². The molecule has 0 spiro atoms. The second kappa shape index (κ2) is 14.3. The number of carbonyl (C=O) groups is 2. The van der Waals surface area contributed by atoms with E-state index in [9.17, 15) is 14.7 Å². The smallest absolute Gasteiger partial charge is 0.407 e. The van der Waals surface area contributed by atoms with Crippen LogP contribution in [0, 0.1) is 11.3 Å². The third-order valence-electron chi connectivity index (χ3n) is 6.66. The molecule has 0 aliphatic carbocycles. The van der Waals surface area contributed by atoms with Crippen molar-refractivity contribution in [2.75, 3.05) is 6.61 Å². The Morgan fingerprint density at radius 1 is 0.973 bits per heavy atom. The van der Waals surface area contributed by atoms with Crippen LogP contribution >= 0.6 is 0 Å². The molecule has 0 saturated heterocycles. The van der Waals surface area contributed by atoms with Gasteiger partial charge in [-0.05, 0) is 54.8 Å². The van der Waals surface area contributed by atoms with Gasteiger partial charge in [0.25, 0.3) is 0 Å². The summed E-state index contributed by atoms with van der Waals surface area (Å²) in [4.78, 5) is 25.8. The van der Waals surface area contributed by atoms with Crippen LogP contribution in [0.5, 0.6) is 0 Å². The van der Waals surface area contributed by atoms with Crippen molar-refractivity contribution in [2.45, 2.75) is 84.5 Å². The SMILES string of the molecule is CCCCOC(=O)N[C@@H](Cc1ccccc1)[C@@H](CC(Cc1ccccc1)(O[SiH](C)C)C(=O)O)C(C)(C)C. The van der Waals surface area contributed by atoms with E-state index in [1.807, 2.05) is 80.7 Å². The molecular weight excluding hydrogens is 482 g/mol. The zero-order valence-electron chi connectivity index (χ0n) is 23.3. The van der Waals surface area contributed by atoms with Gasteiger partial charge in [-0.1, -0.05) is 94.8 Å². The van der Waals surface area contributed by atoms with Gasteiger partial charge in [0.1, 0.15) is 0 Å².